The number of carboxylic acids is 2. The summed E-state index contributed by atoms with van der Waals surface area (Å²) in [5, 5.41) is 21.2. The molecule has 2 heterocycles. The van der Waals surface area contributed by atoms with Crippen LogP contribution in [0.25, 0.3) is 45.2 Å². The monoisotopic (exact) mass is 624 g/mol. The van der Waals surface area contributed by atoms with Crippen molar-refractivity contribution in [3.05, 3.63) is 133 Å². The van der Waals surface area contributed by atoms with Gasteiger partial charge in [0.05, 0.1) is 0 Å². The van der Waals surface area contributed by atoms with Crippen LogP contribution in [-0.2, 0) is 22.4 Å². The molecule has 45 heavy (non-hydrogen) atoms. The Bertz CT molecular complexity index is 1560. The number of aryl methyl sites for hydroxylation is 2. The number of hydrogen-bond acceptors (Lipinski definition) is 8. The molecule has 0 aliphatic carbocycles. The first kappa shape index (κ1) is 33.4. The molecule has 8 nitrogen and oxygen atoms in total. The molecular formula is C36H28CaN2O6. The second kappa shape index (κ2) is 16.5. The van der Waals surface area contributed by atoms with E-state index in [2.05, 4.69) is 9.97 Å². The van der Waals surface area contributed by atoms with Crippen molar-refractivity contribution < 1.29 is 28.6 Å². The Morgan fingerprint density at radius 3 is 1.07 bits per heavy atom. The number of aromatic nitrogens is 2. The van der Waals surface area contributed by atoms with Crippen molar-refractivity contribution in [2.75, 3.05) is 0 Å². The van der Waals surface area contributed by atoms with Crippen molar-refractivity contribution in [2.45, 2.75) is 25.7 Å². The molecule has 2 aromatic heterocycles. The maximum atomic E-state index is 10.6. The minimum atomic E-state index is -1.11. The van der Waals surface area contributed by atoms with Gasteiger partial charge in [0.25, 0.3) is 0 Å². The van der Waals surface area contributed by atoms with Crippen LogP contribution in [-0.4, -0.2) is 59.6 Å². The summed E-state index contributed by atoms with van der Waals surface area (Å²) in [6.07, 6.45) is 0.218. The predicted octanol–water partition coefficient (Wildman–Crippen LogP) is 5.00. The molecule has 0 unspecified atom stereocenters. The van der Waals surface area contributed by atoms with Gasteiger partial charge >= 0.3 is 37.7 Å². The molecule has 220 valence electrons. The van der Waals surface area contributed by atoms with Crippen LogP contribution in [0.2, 0.25) is 0 Å². The molecule has 0 bridgehead atoms. The third kappa shape index (κ3) is 9.25. The summed E-state index contributed by atoms with van der Waals surface area (Å²) in [5.74, 6) is -0.106. The summed E-state index contributed by atoms with van der Waals surface area (Å²) in [7, 11) is 0. The van der Waals surface area contributed by atoms with E-state index in [0.717, 1.165) is 33.6 Å². The van der Waals surface area contributed by atoms with Crippen molar-refractivity contribution in [1.29, 1.82) is 0 Å². The van der Waals surface area contributed by atoms with E-state index in [1.165, 1.54) is 0 Å². The van der Waals surface area contributed by atoms with Crippen molar-refractivity contribution >= 4 is 49.7 Å². The van der Waals surface area contributed by atoms with Gasteiger partial charge in [-0.25, -0.2) is 9.97 Å². The Morgan fingerprint density at radius 2 is 0.778 bits per heavy atom. The Kier molecular flexibility index (Phi) is 12.3. The fraction of sp³-hybridized carbons (Fsp3) is 0.111. The standard InChI is InChI=1S/2C18H15NO3.Ca/c2*20-16(21)12-11-15-19-17(13-7-3-1-4-8-13)18(22-15)14-9-5-2-6-10-14;/h2*1-10H,11-12H2,(H,20,21);/q;;+2/p-2. The van der Waals surface area contributed by atoms with Gasteiger partial charge in [-0.05, 0) is 12.8 Å². The van der Waals surface area contributed by atoms with Crippen LogP contribution in [0.4, 0.5) is 0 Å². The summed E-state index contributed by atoms with van der Waals surface area (Å²) >= 11 is 0. The molecule has 9 heteroatoms. The van der Waals surface area contributed by atoms with E-state index >= 15 is 0 Å². The number of nitrogens with zero attached hydrogens (tertiary/aromatic N) is 2. The van der Waals surface area contributed by atoms with Crippen LogP contribution < -0.4 is 10.2 Å². The molecule has 0 amide bonds. The maximum absolute atomic E-state index is 10.6. The molecule has 0 aliphatic heterocycles. The molecular weight excluding hydrogens is 596 g/mol. The predicted molar refractivity (Wildman–Crippen MR) is 167 cm³/mol. The Balaban J connectivity index is 0.000000200. The van der Waals surface area contributed by atoms with Gasteiger partial charge in [0, 0.05) is 47.0 Å². The fourth-order valence-corrected chi connectivity index (χ4v) is 4.51. The van der Waals surface area contributed by atoms with Crippen molar-refractivity contribution in [2.24, 2.45) is 0 Å². The van der Waals surface area contributed by atoms with Crippen LogP contribution in [0.15, 0.2) is 130 Å². The molecule has 6 rings (SSSR count). The van der Waals surface area contributed by atoms with Gasteiger partial charge in [-0.3, -0.25) is 0 Å². The van der Waals surface area contributed by atoms with Gasteiger partial charge in [-0.1, -0.05) is 121 Å². The van der Waals surface area contributed by atoms with Crippen molar-refractivity contribution in [3.63, 3.8) is 0 Å². The SMILES string of the molecule is O=C([O-])CCc1nc(-c2ccccc2)c(-c2ccccc2)o1.O=C([O-])CCc1nc(-c2ccccc2)c(-c2ccccc2)o1.[Ca+2]. The van der Waals surface area contributed by atoms with Crippen LogP contribution in [0.5, 0.6) is 0 Å². The van der Waals surface area contributed by atoms with Gasteiger partial charge < -0.3 is 28.6 Å². The molecule has 0 saturated carbocycles. The van der Waals surface area contributed by atoms with E-state index < -0.39 is 11.9 Å². The molecule has 0 atom stereocenters. The first-order valence-corrected chi connectivity index (χ1v) is 14.1. The van der Waals surface area contributed by atoms with Crippen molar-refractivity contribution in [1.82, 2.24) is 9.97 Å². The van der Waals surface area contributed by atoms with Gasteiger partial charge in [-0.2, -0.15) is 0 Å². The Hall–Kier alpha value is -4.50. The van der Waals surface area contributed by atoms with E-state index in [1.807, 2.05) is 121 Å². The Labute approximate surface area is 290 Å². The average Bonchev–Trinajstić information content (AvgIpc) is 3.70. The Morgan fingerprint density at radius 1 is 0.489 bits per heavy atom. The summed E-state index contributed by atoms with van der Waals surface area (Å²) in [6.45, 7) is 0. The summed E-state index contributed by atoms with van der Waals surface area (Å²) in [5.41, 5.74) is 5.14. The number of carbonyl (C=O) groups excluding carboxylic acids is 2. The molecule has 0 spiro atoms. The molecule has 0 fully saturated rings. The number of carbonyl (C=O) groups is 2. The second-order valence-electron chi connectivity index (χ2n) is 9.78. The zero-order valence-corrected chi connectivity index (χ0v) is 26.6. The molecule has 0 N–H and O–H groups in total. The number of rotatable bonds is 10. The van der Waals surface area contributed by atoms with Crippen LogP contribution in [0.1, 0.15) is 24.6 Å². The van der Waals surface area contributed by atoms with E-state index in [1.54, 1.807) is 0 Å². The molecule has 6 aromatic rings. The van der Waals surface area contributed by atoms with E-state index in [-0.39, 0.29) is 63.4 Å². The summed E-state index contributed by atoms with van der Waals surface area (Å²) in [4.78, 5) is 30.2. The smallest absolute Gasteiger partial charge is 0.550 e. The number of oxazole rings is 2. The molecule has 0 saturated heterocycles. The zero-order valence-electron chi connectivity index (χ0n) is 24.4. The summed E-state index contributed by atoms with van der Waals surface area (Å²) in [6, 6.07) is 38.7. The normalized spacial score (nSPS) is 10.3. The quantitative estimate of drug-likeness (QED) is 0.195. The fourth-order valence-electron chi connectivity index (χ4n) is 4.51. The first-order valence-electron chi connectivity index (χ1n) is 14.1. The number of benzene rings is 4. The van der Waals surface area contributed by atoms with E-state index in [4.69, 9.17) is 8.83 Å². The van der Waals surface area contributed by atoms with Gasteiger partial charge in [0.15, 0.2) is 23.3 Å². The van der Waals surface area contributed by atoms with Gasteiger partial charge in [0.1, 0.15) is 11.4 Å². The van der Waals surface area contributed by atoms with Crippen LogP contribution in [0, 0.1) is 0 Å². The van der Waals surface area contributed by atoms with E-state index in [0.29, 0.717) is 23.3 Å². The summed E-state index contributed by atoms with van der Waals surface area (Å²) < 4.78 is 11.6. The van der Waals surface area contributed by atoms with Crippen LogP contribution >= 0.6 is 0 Å². The topological polar surface area (TPSA) is 132 Å². The zero-order chi connectivity index (χ0) is 30.7. The van der Waals surface area contributed by atoms with Crippen LogP contribution in [0.3, 0.4) is 0 Å². The number of carboxylic acid groups (broad SMARTS) is 2. The number of aliphatic carboxylic acids is 2. The van der Waals surface area contributed by atoms with Gasteiger partial charge in [-0.15, -0.1) is 0 Å². The molecule has 0 aliphatic rings. The van der Waals surface area contributed by atoms with Gasteiger partial charge in [0.2, 0.25) is 0 Å². The minimum absolute atomic E-state index is 0. The third-order valence-electron chi connectivity index (χ3n) is 6.60. The molecule has 4 aromatic carbocycles. The largest absolute Gasteiger partial charge is 2.00 e. The first-order chi connectivity index (χ1) is 21.5. The second-order valence-corrected chi connectivity index (χ2v) is 9.78. The van der Waals surface area contributed by atoms with Crippen molar-refractivity contribution in [3.8, 4) is 45.2 Å². The van der Waals surface area contributed by atoms with E-state index in [9.17, 15) is 19.8 Å². The minimum Gasteiger partial charge on any atom is -0.550 e. The third-order valence-corrected chi connectivity index (χ3v) is 6.60. The molecule has 0 radical (unpaired) electrons. The maximum Gasteiger partial charge on any atom is 2.00 e. The number of hydrogen-bond donors (Lipinski definition) is 0. The average molecular weight is 625 g/mol.